The van der Waals surface area contributed by atoms with E-state index < -0.39 is 0 Å². The van der Waals surface area contributed by atoms with E-state index in [1.807, 2.05) is 13.0 Å². The van der Waals surface area contributed by atoms with E-state index in [1.165, 1.54) is 0 Å². The van der Waals surface area contributed by atoms with Gasteiger partial charge in [0.1, 0.15) is 4.99 Å². The fourth-order valence-electron chi connectivity index (χ4n) is 1.35. The smallest absolute Gasteiger partial charge is 0.226 e. The lowest BCUT2D eigenvalue weighted by Gasteiger charge is -2.10. The first-order chi connectivity index (χ1) is 8.54. The summed E-state index contributed by atoms with van der Waals surface area (Å²) >= 11 is 8.28. The third-order valence-electron chi connectivity index (χ3n) is 2.20. The number of amides is 1. The second-order valence-corrected chi connectivity index (χ2v) is 4.90. The molecule has 0 saturated heterocycles. The minimum absolute atomic E-state index is 0.122. The summed E-state index contributed by atoms with van der Waals surface area (Å²) in [6.07, 6.45) is 0.306. The molecule has 3 N–H and O–H groups in total. The van der Waals surface area contributed by atoms with Crippen LogP contribution in [-0.2, 0) is 9.53 Å². The fourth-order valence-corrected chi connectivity index (χ4v) is 1.88. The second kappa shape index (κ2) is 7.45. The molecular formula is C12H15BrN2O2S. The van der Waals surface area contributed by atoms with E-state index in [9.17, 15) is 4.79 Å². The number of nitrogens with two attached hydrogens (primary N) is 1. The first-order valence-corrected chi connectivity index (χ1v) is 6.71. The molecule has 0 bridgehead atoms. The van der Waals surface area contributed by atoms with Gasteiger partial charge in [0.2, 0.25) is 5.91 Å². The monoisotopic (exact) mass is 330 g/mol. The Morgan fingerprint density at radius 2 is 2.28 bits per heavy atom. The van der Waals surface area contributed by atoms with E-state index >= 15 is 0 Å². The van der Waals surface area contributed by atoms with Crippen LogP contribution in [0.4, 0.5) is 5.69 Å². The van der Waals surface area contributed by atoms with E-state index in [2.05, 4.69) is 21.2 Å². The number of halogens is 1. The maximum atomic E-state index is 11.7. The maximum Gasteiger partial charge on any atom is 0.226 e. The van der Waals surface area contributed by atoms with Crippen molar-refractivity contribution in [3.63, 3.8) is 0 Å². The van der Waals surface area contributed by atoms with Crippen molar-refractivity contribution in [3.8, 4) is 0 Å². The lowest BCUT2D eigenvalue weighted by Crippen LogP contribution is -2.18. The lowest BCUT2D eigenvalue weighted by molar-refractivity contribution is -0.117. The highest BCUT2D eigenvalue weighted by Crippen LogP contribution is 2.21. The Balaban J connectivity index is 2.72. The van der Waals surface area contributed by atoms with Crippen LogP contribution >= 0.6 is 28.1 Å². The largest absolute Gasteiger partial charge is 0.389 e. The summed E-state index contributed by atoms with van der Waals surface area (Å²) in [4.78, 5) is 11.9. The van der Waals surface area contributed by atoms with Crippen LogP contribution < -0.4 is 11.1 Å². The zero-order chi connectivity index (χ0) is 13.5. The molecule has 98 valence electrons. The van der Waals surface area contributed by atoms with Gasteiger partial charge in [0.15, 0.2) is 0 Å². The average molecular weight is 331 g/mol. The van der Waals surface area contributed by atoms with E-state index in [4.69, 9.17) is 22.7 Å². The van der Waals surface area contributed by atoms with Crippen LogP contribution in [0.25, 0.3) is 0 Å². The Hall–Kier alpha value is -0.980. The van der Waals surface area contributed by atoms with Crippen LogP contribution in [0, 0.1) is 0 Å². The highest BCUT2D eigenvalue weighted by atomic mass is 79.9. The van der Waals surface area contributed by atoms with Crippen LogP contribution in [0.1, 0.15) is 18.9 Å². The molecule has 0 aliphatic carbocycles. The van der Waals surface area contributed by atoms with Crippen LogP contribution in [0.15, 0.2) is 22.7 Å². The van der Waals surface area contributed by atoms with Gasteiger partial charge in [-0.25, -0.2) is 0 Å². The summed E-state index contributed by atoms with van der Waals surface area (Å²) < 4.78 is 5.98. The summed E-state index contributed by atoms with van der Waals surface area (Å²) in [7, 11) is 0. The van der Waals surface area contributed by atoms with Crippen molar-refractivity contribution in [3.05, 3.63) is 28.2 Å². The Bertz CT molecular complexity index is 452. The van der Waals surface area contributed by atoms with E-state index in [1.54, 1.807) is 12.1 Å². The number of rotatable bonds is 6. The number of carbonyl (C=O) groups excluding carboxylic acids is 1. The highest BCUT2D eigenvalue weighted by Gasteiger charge is 2.09. The number of nitrogens with one attached hydrogen (secondary N) is 1. The Morgan fingerprint density at radius 3 is 2.89 bits per heavy atom. The minimum Gasteiger partial charge on any atom is -0.389 e. The molecule has 1 rings (SSSR count). The van der Waals surface area contributed by atoms with Crippen LogP contribution in [0.2, 0.25) is 0 Å². The van der Waals surface area contributed by atoms with Gasteiger partial charge in [-0.3, -0.25) is 4.79 Å². The molecule has 0 aliphatic heterocycles. The molecule has 0 radical (unpaired) electrons. The molecule has 1 amide bonds. The zero-order valence-electron chi connectivity index (χ0n) is 10.0. The van der Waals surface area contributed by atoms with Gasteiger partial charge in [0.05, 0.1) is 18.7 Å². The van der Waals surface area contributed by atoms with Gasteiger partial charge in [-0.15, -0.1) is 0 Å². The molecule has 0 fully saturated rings. The standard InChI is InChI=1S/C12H15BrN2O2S/c1-2-17-6-5-11(16)15-10-4-3-8(13)7-9(10)12(14)18/h3-4,7H,2,5-6H2,1H3,(H2,14,18)(H,15,16). The minimum atomic E-state index is -0.122. The molecule has 0 atom stereocenters. The topological polar surface area (TPSA) is 64.3 Å². The van der Waals surface area contributed by atoms with Gasteiger partial charge in [0, 0.05) is 16.6 Å². The third kappa shape index (κ3) is 4.72. The Labute approximate surface area is 120 Å². The van der Waals surface area contributed by atoms with Crippen molar-refractivity contribution in [1.82, 2.24) is 0 Å². The molecule has 1 aromatic carbocycles. The summed E-state index contributed by atoms with van der Waals surface area (Å²) in [5.41, 5.74) is 6.88. The van der Waals surface area contributed by atoms with Gasteiger partial charge in [-0.05, 0) is 25.1 Å². The van der Waals surface area contributed by atoms with Crippen molar-refractivity contribution >= 4 is 44.7 Å². The predicted octanol–water partition coefficient (Wildman–Crippen LogP) is 2.45. The number of hydrogen-bond acceptors (Lipinski definition) is 3. The number of benzene rings is 1. The normalized spacial score (nSPS) is 10.1. The van der Waals surface area contributed by atoms with Gasteiger partial charge >= 0.3 is 0 Å². The number of carbonyl (C=O) groups is 1. The SMILES string of the molecule is CCOCCC(=O)Nc1ccc(Br)cc1C(N)=S. The molecule has 0 aromatic heterocycles. The number of hydrogen-bond donors (Lipinski definition) is 2. The molecule has 0 saturated carbocycles. The van der Waals surface area contributed by atoms with Gasteiger partial charge < -0.3 is 15.8 Å². The van der Waals surface area contributed by atoms with E-state index in [0.717, 1.165) is 4.47 Å². The Kier molecular flexibility index (Phi) is 6.24. The van der Waals surface area contributed by atoms with Crippen LogP contribution in [0.3, 0.4) is 0 Å². The molecule has 18 heavy (non-hydrogen) atoms. The first kappa shape index (κ1) is 15.1. The first-order valence-electron chi connectivity index (χ1n) is 5.51. The summed E-state index contributed by atoms with van der Waals surface area (Å²) in [6, 6.07) is 5.36. The second-order valence-electron chi connectivity index (χ2n) is 3.55. The van der Waals surface area contributed by atoms with E-state index in [-0.39, 0.29) is 10.9 Å². The zero-order valence-corrected chi connectivity index (χ0v) is 12.4. The Morgan fingerprint density at radius 1 is 1.56 bits per heavy atom. The molecule has 6 heteroatoms. The fraction of sp³-hybridized carbons (Fsp3) is 0.333. The molecule has 4 nitrogen and oxygen atoms in total. The van der Waals surface area contributed by atoms with Crippen molar-refractivity contribution in [2.75, 3.05) is 18.5 Å². The molecule has 0 unspecified atom stereocenters. The average Bonchev–Trinajstić information content (AvgIpc) is 2.31. The highest BCUT2D eigenvalue weighted by molar-refractivity contribution is 9.10. The van der Waals surface area contributed by atoms with Crippen molar-refractivity contribution in [1.29, 1.82) is 0 Å². The van der Waals surface area contributed by atoms with Crippen molar-refractivity contribution in [2.45, 2.75) is 13.3 Å². The van der Waals surface area contributed by atoms with Crippen molar-refractivity contribution in [2.24, 2.45) is 5.73 Å². The van der Waals surface area contributed by atoms with Crippen LogP contribution in [0.5, 0.6) is 0 Å². The lowest BCUT2D eigenvalue weighted by atomic mass is 10.1. The number of anilines is 1. The van der Waals surface area contributed by atoms with Crippen LogP contribution in [-0.4, -0.2) is 24.1 Å². The van der Waals surface area contributed by atoms with Gasteiger partial charge in [-0.1, -0.05) is 28.1 Å². The van der Waals surface area contributed by atoms with Crippen molar-refractivity contribution < 1.29 is 9.53 Å². The molecule has 0 aliphatic rings. The summed E-state index contributed by atoms with van der Waals surface area (Å²) in [6.45, 7) is 2.89. The van der Waals surface area contributed by atoms with Gasteiger partial charge in [-0.2, -0.15) is 0 Å². The molecule has 1 aromatic rings. The molecule has 0 spiro atoms. The quantitative estimate of drug-likeness (QED) is 0.621. The number of ether oxygens (including phenoxy) is 1. The third-order valence-corrected chi connectivity index (χ3v) is 2.91. The molecular weight excluding hydrogens is 316 g/mol. The van der Waals surface area contributed by atoms with E-state index in [0.29, 0.717) is 30.9 Å². The maximum absolute atomic E-state index is 11.7. The van der Waals surface area contributed by atoms with Gasteiger partial charge in [0.25, 0.3) is 0 Å². The number of thiocarbonyl (C=S) groups is 1. The predicted molar refractivity (Wildman–Crippen MR) is 79.8 cm³/mol. The molecule has 0 heterocycles. The summed E-state index contributed by atoms with van der Waals surface area (Å²) in [5.74, 6) is -0.122. The summed E-state index contributed by atoms with van der Waals surface area (Å²) in [5, 5.41) is 2.77.